The van der Waals surface area contributed by atoms with Crippen LogP contribution in [0.3, 0.4) is 0 Å². The van der Waals surface area contributed by atoms with Gasteiger partial charge in [0.2, 0.25) is 6.79 Å². The van der Waals surface area contributed by atoms with Crippen molar-refractivity contribution in [3.8, 4) is 11.5 Å². The van der Waals surface area contributed by atoms with Crippen LogP contribution in [0.1, 0.15) is 25.0 Å². The molecule has 1 N–H and O–H groups in total. The Kier molecular flexibility index (Phi) is 5.32. The van der Waals surface area contributed by atoms with Gasteiger partial charge in [-0.05, 0) is 61.9 Å². The Labute approximate surface area is 181 Å². The van der Waals surface area contributed by atoms with Gasteiger partial charge in [-0.15, -0.1) is 0 Å². The average Bonchev–Trinajstić information content (AvgIpc) is 3.23. The van der Waals surface area contributed by atoms with Crippen molar-refractivity contribution in [1.82, 2.24) is 0 Å². The minimum absolute atomic E-state index is 0.244. The molecule has 1 heterocycles. The lowest BCUT2D eigenvalue weighted by atomic mass is 9.97. The Morgan fingerprint density at radius 2 is 1.45 bits per heavy atom. The molecule has 1 aliphatic rings. The van der Waals surface area contributed by atoms with Gasteiger partial charge in [0.1, 0.15) is 0 Å². The molecule has 0 aromatic heterocycles. The zero-order chi connectivity index (χ0) is 20.6. The van der Waals surface area contributed by atoms with Crippen molar-refractivity contribution >= 4 is 34.6 Å². The fourth-order valence-electron chi connectivity index (χ4n) is 4.30. The van der Waals surface area contributed by atoms with Crippen molar-refractivity contribution in [3.05, 3.63) is 82.3 Å². The van der Waals surface area contributed by atoms with Crippen molar-refractivity contribution in [3.63, 3.8) is 0 Å². The van der Waals surface area contributed by atoms with Gasteiger partial charge >= 0.3 is 0 Å². The molecule has 0 bridgehead atoms. The van der Waals surface area contributed by atoms with Crippen LogP contribution in [0, 0.1) is 6.92 Å². The fraction of sp³-hybridized carbons (Fsp3) is 0.250. The number of hydrogen-bond acceptors (Lipinski definition) is 3. The maximum Gasteiger partial charge on any atom is 0.258 e. The fourth-order valence-corrected chi connectivity index (χ4v) is 8.56. The molecule has 0 fully saturated rings. The third kappa shape index (κ3) is 3.41. The van der Waals surface area contributed by atoms with E-state index < -0.39 is 8.32 Å². The Hall–Kier alpha value is -2.08. The summed E-state index contributed by atoms with van der Waals surface area (Å²) in [5.74, 6) is 1.57. The molecule has 3 aromatic rings. The van der Waals surface area contributed by atoms with Gasteiger partial charge in [0.15, 0.2) is 11.5 Å². The van der Waals surface area contributed by atoms with E-state index in [1.807, 2.05) is 36.4 Å². The highest BCUT2D eigenvalue weighted by atomic mass is 79.9. The van der Waals surface area contributed by atoms with Gasteiger partial charge in [0.05, 0.1) is 4.47 Å². The Bertz CT molecular complexity index is 980. The first-order valence-electron chi connectivity index (χ1n) is 9.75. The summed E-state index contributed by atoms with van der Waals surface area (Å²) in [6, 6.07) is 22.4. The summed E-state index contributed by atoms with van der Waals surface area (Å²) in [4.78, 5) is 12.4. The maximum atomic E-state index is 12.4. The first-order valence-corrected chi connectivity index (χ1v) is 12.5. The number of fused-ring (bicyclic) bond motifs is 1. The second-order valence-corrected chi connectivity index (χ2v) is 13.0. The van der Waals surface area contributed by atoms with Gasteiger partial charge in [-0.25, -0.2) is 0 Å². The monoisotopic (exact) mass is 468 g/mol. The molecule has 5 heteroatoms. The number of ether oxygens (including phenoxy) is 2. The van der Waals surface area contributed by atoms with E-state index in [1.165, 1.54) is 0 Å². The van der Waals surface area contributed by atoms with Crippen LogP contribution in [0.2, 0.25) is 5.04 Å². The average molecular weight is 469 g/mol. The third-order valence-corrected chi connectivity index (χ3v) is 11.0. The van der Waals surface area contributed by atoms with Crippen molar-refractivity contribution in [2.24, 2.45) is 0 Å². The number of benzene rings is 3. The number of hydrogen-bond donors (Lipinski definition) is 1. The quantitative estimate of drug-likeness (QED) is 0.557. The standard InChI is InChI=1S/C24H25BrO3Si/c1-17-18(14-21(25)23-22(17)27-16-28-23)15-24(2,3)29(26,19-10-6-4-7-11-19)20-12-8-5-9-13-20/h4-14,26H,15-16H2,1-3H3. The molecule has 0 amide bonds. The van der Waals surface area contributed by atoms with E-state index in [0.29, 0.717) is 0 Å². The van der Waals surface area contributed by atoms with Crippen molar-refractivity contribution < 1.29 is 14.3 Å². The van der Waals surface area contributed by atoms with Crippen LogP contribution < -0.4 is 19.8 Å². The molecular weight excluding hydrogens is 444 g/mol. The van der Waals surface area contributed by atoms with Crippen LogP contribution in [-0.2, 0) is 6.42 Å². The van der Waals surface area contributed by atoms with Crippen molar-refractivity contribution in [2.75, 3.05) is 6.79 Å². The minimum atomic E-state index is -3.07. The number of halogens is 1. The highest BCUT2D eigenvalue weighted by Gasteiger charge is 2.50. The zero-order valence-corrected chi connectivity index (χ0v) is 19.5. The lowest BCUT2D eigenvalue weighted by molar-refractivity contribution is 0.173. The Morgan fingerprint density at radius 1 is 0.931 bits per heavy atom. The predicted molar refractivity (Wildman–Crippen MR) is 123 cm³/mol. The summed E-state index contributed by atoms with van der Waals surface area (Å²) in [6.45, 7) is 6.67. The Morgan fingerprint density at radius 3 is 2.00 bits per heavy atom. The summed E-state index contributed by atoms with van der Waals surface area (Å²) in [5.41, 5.74) is 2.23. The van der Waals surface area contributed by atoms with Crippen molar-refractivity contribution in [1.29, 1.82) is 0 Å². The van der Waals surface area contributed by atoms with Gasteiger partial charge < -0.3 is 14.3 Å². The smallest absolute Gasteiger partial charge is 0.258 e. The molecule has 0 aliphatic carbocycles. The molecule has 3 nitrogen and oxygen atoms in total. The minimum Gasteiger partial charge on any atom is -0.453 e. The van der Waals surface area contributed by atoms with Gasteiger partial charge in [0.25, 0.3) is 8.32 Å². The zero-order valence-electron chi connectivity index (χ0n) is 16.9. The van der Waals surface area contributed by atoms with Gasteiger partial charge in [-0.3, -0.25) is 0 Å². The molecule has 4 rings (SSSR count). The van der Waals surface area contributed by atoms with Crippen LogP contribution in [0.4, 0.5) is 0 Å². The SMILES string of the molecule is Cc1c(CC(C)(C)[Si](O)(c2ccccc2)c2ccccc2)cc(Br)c2c1OCO2. The van der Waals surface area contributed by atoms with Crippen LogP contribution in [0.5, 0.6) is 11.5 Å². The molecular formula is C24H25BrO3Si. The molecule has 0 saturated carbocycles. The molecule has 0 unspecified atom stereocenters. The second-order valence-electron chi connectivity index (χ2n) is 8.21. The second kappa shape index (κ2) is 7.63. The summed E-state index contributed by atoms with van der Waals surface area (Å²) in [6.07, 6.45) is 0.723. The lowest BCUT2D eigenvalue weighted by Gasteiger charge is -2.41. The molecule has 0 spiro atoms. The van der Waals surface area contributed by atoms with Gasteiger partial charge in [0, 0.05) is 0 Å². The first-order chi connectivity index (χ1) is 13.8. The van der Waals surface area contributed by atoms with E-state index in [0.717, 1.165) is 43.9 Å². The van der Waals surface area contributed by atoms with Gasteiger partial charge in [-0.2, -0.15) is 0 Å². The molecule has 1 aliphatic heterocycles. The molecule has 150 valence electrons. The van der Waals surface area contributed by atoms with E-state index in [1.54, 1.807) is 0 Å². The van der Waals surface area contributed by atoms with Crippen LogP contribution in [0.15, 0.2) is 71.2 Å². The third-order valence-electron chi connectivity index (χ3n) is 5.95. The largest absolute Gasteiger partial charge is 0.453 e. The van der Waals surface area contributed by atoms with E-state index in [9.17, 15) is 4.80 Å². The van der Waals surface area contributed by atoms with Crippen LogP contribution in [-0.4, -0.2) is 19.9 Å². The maximum absolute atomic E-state index is 12.4. The molecule has 0 saturated heterocycles. The van der Waals surface area contributed by atoms with Crippen LogP contribution in [0.25, 0.3) is 0 Å². The lowest BCUT2D eigenvalue weighted by Crippen LogP contribution is -2.65. The van der Waals surface area contributed by atoms with Gasteiger partial charge in [-0.1, -0.05) is 74.5 Å². The van der Waals surface area contributed by atoms with E-state index in [4.69, 9.17) is 9.47 Å². The van der Waals surface area contributed by atoms with Crippen LogP contribution >= 0.6 is 15.9 Å². The van der Waals surface area contributed by atoms with E-state index in [2.05, 4.69) is 67.0 Å². The topological polar surface area (TPSA) is 38.7 Å². The number of rotatable bonds is 5. The normalized spacial score (nSPS) is 13.6. The van der Waals surface area contributed by atoms with Crippen molar-refractivity contribution in [2.45, 2.75) is 32.2 Å². The summed E-state index contributed by atoms with van der Waals surface area (Å²) >= 11 is 3.62. The summed E-state index contributed by atoms with van der Waals surface area (Å²) < 4.78 is 12.2. The summed E-state index contributed by atoms with van der Waals surface area (Å²) in [7, 11) is -3.07. The highest BCUT2D eigenvalue weighted by molar-refractivity contribution is 9.10. The summed E-state index contributed by atoms with van der Waals surface area (Å²) in [5, 5.41) is 1.68. The molecule has 0 radical (unpaired) electrons. The molecule has 0 atom stereocenters. The van der Waals surface area contributed by atoms with E-state index >= 15 is 0 Å². The first kappa shape index (κ1) is 20.2. The highest BCUT2D eigenvalue weighted by Crippen LogP contribution is 2.46. The Balaban J connectivity index is 1.83. The van der Waals surface area contributed by atoms with E-state index in [-0.39, 0.29) is 11.8 Å². The molecule has 3 aromatic carbocycles. The molecule has 29 heavy (non-hydrogen) atoms. The predicted octanol–water partition coefficient (Wildman–Crippen LogP) is 4.56.